The summed E-state index contributed by atoms with van der Waals surface area (Å²) in [4.78, 5) is 0. The molecule has 2 aromatic carbocycles. The number of hydrogen-bond acceptors (Lipinski definition) is 1. The van der Waals surface area contributed by atoms with Crippen molar-refractivity contribution in [3.8, 4) is 5.75 Å². The molecule has 0 amide bonds. The lowest BCUT2D eigenvalue weighted by molar-refractivity contribution is 0.298. The minimum Gasteiger partial charge on any atom is -0.489 e. The predicted molar refractivity (Wildman–Crippen MR) is 65.8 cm³/mol. The number of benzene rings is 2. The maximum absolute atomic E-state index is 13.3. The molecule has 2 rings (SSSR count). The molecule has 0 spiro atoms. The van der Waals surface area contributed by atoms with E-state index >= 15 is 0 Å². The summed E-state index contributed by atoms with van der Waals surface area (Å²) in [7, 11) is 0. The molecule has 0 radical (unpaired) electrons. The standard InChI is InChI=1S/C13H9BF5O/c15-12-4-2-1-3-9(12)8-20-10-5-6-11(13(16)7-10)14(17,18)19/h1-7H,8H2/q-1. The SMILES string of the molecule is Fc1ccccc1COc1ccc([B-](F)(F)F)c(F)c1. The molecule has 0 aromatic heterocycles. The van der Waals surface area contributed by atoms with Gasteiger partial charge in [0, 0.05) is 11.6 Å². The van der Waals surface area contributed by atoms with E-state index in [4.69, 9.17) is 4.74 Å². The molecule has 2 aromatic rings. The molecule has 0 N–H and O–H groups in total. The highest BCUT2D eigenvalue weighted by Gasteiger charge is 2.28. The minimum atomic E-state index is -5.40. The van der Waals surface area contributed by atoms with Gasteiger partial charge in [-0.3, -0.25) is 0 Å². The molecule has 106 valence electrons. The van der Waals surface area contributed by atoms with Crippen molar-refractivity contribution < 1.29 is 26.5 Å². The van der Waals surface area contributed by atoms with Gasteiger partial charge in [0.1, 0.15) is 18.2 Å². The van der Waals surface area contributed by atoms with E-state index in [0.717, 1.165) is 6.07 Å². The Morgan fingerprint density at radius 2 is 1.60 bits per heavy atom. The fourth-order valence-electron chi connectivity index (χ4n) is 1.64. The topological polar surface area (TPSA) is 9.23 Å². The summed E-state index contributed by atoms with van der Waals surface area (Å²) < 4.78 is 68.9. The van der Waals surface area contributed by atoms with Crippen molar-refractivity contribution in [2.75, 3.05) is 0 Å². The molecule has 0 aliphatic rings. The van der Waals surface area contributed by atoms with Crippen LogP contribution in [0.25, 0.3) is 0 Å². The molecule has 1 nitrogen and oxygen atoms in total. The number of rotatable bonds is 4. The molecular formula is C13H9BF5O-. The molecule has 0 saturated heterocycles. The Morgan fingerprint density at radius 1 is 0.900 bits per heavy atom. The third-order valence-electron chi connectivity index (χ3n) is 2.68. The molecule has 0 unspecified atom stereocenters. The quantitative estimate of drug-likeness (QED) is 0.616. The van der Waals surface area contributed by atoms with Crippen LogP contribution in [-0.4, -0.2) is 6.98 Å². The fourth-order valence-corrected chi connectivity index (χ4v) is 1.64. The van der Waals surface area contributed by atoms with Crippen molar-refractivity contribution in [2.24, 2.45) is 0 Å². The van der Waals surface area contributed by atoms with Gasteiger partial charge in [0.15, 0.2) is 0 Å². The zero-order chi connectivity index (χ0) is 14.8. The van der Waals surface area contributed by atoms with Crippen LogP contribution in [-0.2, 0) is 6.61 Å². The number of ether oxygens (including phenoxy) is 1. The largest absolute Gasteiger partial charge is 0.512 e. The third kappa shape index (κ3) is 3.29. The fraction of sp³-hybridized carbons (Fsp3) is 0.0769. The predicted octanol–water partition coefficient (Wildman–Crippen LogP) is 3.60. The van der Waals surface area contributed by atoms with Gasteiger partial charge in [-0.1, -0.05) is 29.7 Å². The molecule has 7 heteroatoms. The van der Waals surface area contributed by atoms with Gasteiger partial charge in [-0.25, -0.2) is 8.78 Å². The highest BCUT2D eigenvalue weighted by Crippen LogP contribution is 2.18. The zero-order valence-electron chi connectivity index (χ0n) is 10.1. The Morgan fingerprint density at radius 3 is 2.20 bits per heavy atom. The van der Waals surface area contributed by atoms with E-state index in [1.807, 2.05) is 0 Å². The lowest BCUT2D eigenvalue weighted by Gasteiger charge is -2.16. The van der Waals surface area contributed by atoms with Crippen LogP contribution in [0.2, 0.25) is 0 Å². The summed E-state index contributed by atoms with van der Waals surface area (Å²) in [5.74, 6) is -1.98. The highest BCUT2D eigenvalue weighted by molar-refractivity contribution is 6.73. The van der Waals surface area contributed by atoms with E-state index < -0.39 is 24.1 Å². The number of halogens is 5. The maximum atomic E-state index is 13.3. The van der Waals surface area contributed by atoms with Gasteiger partial charge in [0.05, 0.1) is 5.82 Å². The van der Waals surface area contributed by atoms with E-state index in [2.05, 4.69) is 0 Å². The van der Waals surface area contributed by atoms with Gasteiger partial charge in [-0.15, -0.1) is 0 Å². The van der Waals surface area contributed by atoms with Crippen LogP contribution >= 0.6 is 0 Å². The van der Waals surface area contributed by atoms with Gasteiger partial charge in [0.2, 0.25) is 0 Å². The Balaban J connectivity index is 2.12. The molecule has 0 aliphatic heterocycles. The van der Waals surface area contributed by atoms with Crippen LogP contribution in [0.4, 0.5) is 21.7 Å². The average molecular weight is 287 g/mol. The molecule has 0 atom stereocenters. The Labute approximate surface area is 112 Å². The van der Waals surface area contributed by atoms with Crippen molar-refractivity contribution in [3.05, 3.63) is 59.7 Å². The van der Waals surface area contributed by atoms with Gasteiger partial charge in [-0.05, 0) is 12.1 Å². The van der Waals surface area contributed by atoms with Crippen LogP contribution in [0, 0.1) is 11.6 Å². The Kier molecular flexibility index (Phi) is 3.97. The first-order valence-corrected chi connectivity index (χ1v) is 5.73. The van der Waals surface area contributed by atoms with E-state index in [-0.39, 0.29) is 17.9 Å². The van der Waals surface area contributed by atoms with Crippen LogP contribution < -0.4 is 10.2 Å². The van der Waals surface area contributed by atoms with Crippen molar-refractivity contribution in [1.29, 1.82) is 0 Å². The zero-order valence-corrected chi connectivity index (χ0v) is 10.1. The van der Waals surface area contributed by atoms with Crippen molar-refractivity contribution in [3.63, 3.8) is 0 Å². The third-order valence-corrected chi connectivity index (χ3v) is 2.68. The second kappa shape index (κ2) is 5.52. The summed E-state index contributed by atoms with van der Waals surface area (Å²) in [6.45, 7) is -5.59. The van der Waals surface area contributed by atoms with Crippen LogP contribution in [0.3, 0.4) is 0 Å². The highest BCUT2D eigenvalue weighted by atomic mass is 19.4. The maximum Gasteiger partial charge on any atom is 0.512 e. The van der Waals surface area contributed by atoms with Gasteiger partial charge < -0.3 is 17.7 Å². The van der Waals surface area contributed by atoms with E-state index in [9.17, 15) is 21.7 Å². The second-order valence-corrected chi connectivity index (χ2v) is 4.14. The van der Waals surface area contributed by atoms with Gasteiger partial charge in [-0.2, -0.15) is 0 Å². The number of hydrogen-bond donors (Lipinski definition) is 0. The van der Waals surface area contributed by atoms with Crippen molar-refractivity contribution in [2.45, 2.75) is 6.61 Å². The van der Waals surface area contributed by atoms with E-state index in [1.165, 1.54) is 18.2 Å². The lowest BCUT2D eigenvalue weighted by atomic mass is 9.80. The second-order valence-electron chi connectivity index (χ2n) is 4.14. The molecule has 0 bridgehead atoms. The Hall–Kier alpha value is -2.05. The molecular weight excluding hydrogens is 278 g/mol. The first kappa shape index (κ1) is 14.4. The van der Waals surface area contributed by atoms with Crippen LogP contribution in [0.1, 0.15) is 5.56 Å². The first-order valence-electron chi connectivity index (χ1n) is 5.73. The molecule has 0 heterocycles. The first-order chi connectivity index (χ1) is 9.38. The summed E-state index contributed by atoms with van der Waals surface area (Å²) in [5.41, 5.74) is -1.07. The Bertz CT molecular complexity index is 612. The van der Waals surface area contributed by atoms with Crippen molar-refractivity contribution in [1.82, 2.24) is 0 Å². The van der Waals surface area contributed by atoms with E-state index in [0.29, 0.717) is 12.1 Å². The molecule has 0 fully saturated rings. The van der Waals surface area contributed by atoms with E-state index in [1.54, 1.807) is 6.07 Å². The monoisotopic (exact) mass is 287 g/mol. The van der Waals surface area contributed by atoms with Gasteiger partial charge >= 0.3 is 6.98 Å². The average Bonchev–Trinajstić information content (AvgIpc) is 2.36. The summed E-state index contributed by atoms with van der Waals surface area (Å²) in [6, 6.07) is 8.07. The minimum absolute atomic E-state index is 0.0884. The summed E-state index contributed by atoms with van der Waals surface area (Å²) in [5, 5.41) is 0. The van der Waals surface area contributed by atoms with Gasteiger partial charge in [0.25, 0.3) is 0 Å². The molecule has 0 saturated carbocycles. The van der Waals surface area contributed by atoms with Crippen molar-refractivity contribution >= 4 is 12.4 Å². The molecule has 20 heavy (non-hydrogen) atoms. The summed E-state index contributed by atoms with van der Waals surface area (Å²) >= 11 is 0. The summed E-state index contributed by atoms with van der Waals surface area (Å²) in [6.07, 6.45) is 0. The van der Waals surface area contributed by atoms with Crippen LogP contribution in [0.5, 0.6) is 5.75 Å². The molecule has 0 aliphatic carbocycles. The van der Waals surface area contributed by atoms with Crippen LogP contribution in [0.15, 0.2) is 42.5 Å². The normalized spacial score (nSPS) is 11.4. The smallest absolute Gasteiger partial charge is 0.489 e. The lowest BCUT2D eigenvalue weighted by Crippen LogP contribution is -2.36.